The van der Waals surface area contributed by atoms with Gasteiger partial charge >= 0.3 is 0 Å². The lowest BCUT2D eigenvalue weighted by atomic mass is 9.96. The Kier molecular flexibility index (Phi) is 4.60. The summed E-state index contributed by atoms with van der Waals surface area (Å²) >= 11 is 0. The van der Waals surface area contributed by atoms with E-state index in [0.717, 1.165) is 25.8 Å². The van der Waals surface area contributed by atoms with Crippen LogP contribution in [0, 0.1) is 0 Å². The maximum absolute atomic E-state index is 5.79. The van der Waals surface area contributed by atoms with E-state index in [0.29, 0.717) is 6.54 Å². The highest BCUT2D eigenvalue weighted by Gasteiger charge is 2.14. The maximum atomic E-state index is 5.79. The van der Waals surface area contributed by atoms with Crippen LogP contribution in [0.2, 0.25) is 0 Å². The van der Waals surface area contributed by atoms with Crippen LogP contribution >= 0.6 is 0 Å². The van der Waals surface area contributed by atoms with Crippen LogP contribution in [0.1, 0.15) is 26.2 Å². The first-order valence-electron chi connectivity index (χ1n) is 3.81. The highest BCUT2D eigenvalue weighted by Crippen LogP contribution is 2.07. The number of rotatable bonds is 5. The number of hydrogen-bond acceptors (Lipinski definition) is 3. The molecule has 62 valence electrons. The molecule has 0 fully saturated rings. The Balaban J connectivity index is 3.28. The summed E-state index contributed by atoms with van der Waals surface area (Å²) in [6.45, 7) is 3.28. The average Bonchev–Trinajstić information content (AvgIpc) is 1.89. The molecule has 0 aromatic carbocycles. The SMILES string of the molecule is CC(N)(CN)CCCCN. The van der Waals surface area contributed by atoms with Crippen molar-refractivity contribution in [1.82, 2.24) is 0 Å². The van der Waals surface area contributed by atoms with Crippen molar-refractivity contribution in [2.75, 3.05) is 13.1 Å². The Labute approximate surface area is 62.9 Å². The Morgan fingerprint density at radius 3 is 2.20 bits per heavy atom. The summed E-state index contributed by atoms with van der Waals surface area (Å²) in [5.41, 5.74) is 16.4. The van der Waals surface area contributed by atoms with Crippen molar-refractivity contribution >= 4 is 0 Å². The summed E-state index contributed by atoms with van der Waals surface area (Å²) in [6, 6.07) is 0. The molecule has 0 aromatic heterocycles. The molecule has 0 radical (unpaired) electrons. The molecule has 1 unspecified atom stereocenters. The van der Waals surface area contributed by atoms with Crippen molar-refractivity contribution in [2.24, 2.45) is 17.2 Å². The minimum atomic E-state index is -0.185. The first kappa shape index (κ1) is 9.88. The molecule has 0 saturated heterocycles. The lowest BCUT2D eigenvalue weighted by Gasteiger charge is -2.21. The van der Waals surface area contributed by atoms with Gasteiger partial charge in [0, 0.05) is 12.1 Å². The third-order valence-electron chi connectivity index (χ3n) is 1.67. The fourth-order valence-corrected chi connectivity index (χ4v) is 0.775. The summed E-state index contributed by atoms with van der Waals surface area (Å²) in [5.74, 6) is 0. The molecule has 10 heavy (non-hydrogen) atoms. The van der Waals surface area contributed by atoms with Crippen LogP contribution in [0.3, 0.4) is 0 Å². The van der Waals surface area contributed by atoms with Crippen molar-refractivity contribution in [3.63, 3.8) is 0 Å². The van der Waals surface area contributed by atoms with Gasteiger partial charge in [-0.3, -0.25) is 0 Å². The molecule has 3 nitrogen and oxygen atoms in total. The highest BCUT2D eigenvalue weighted by molar-refractivity contribution is 4.78. The molecular formula is C7H19N3. The molecule has 6 N–H and O–H groups in total. The van der Waals surface area contributed by atoms with Gasteiger partial charge < -0.3 is 17.2 Å². The van der Waals surface area contributed by atoms with Crippen molar-refractivity contribution < 1.29 is 0 Å². The fraction of sp³-hybridized carbons (Fsp3) is 1.00. The van der Waals surface area contributed by atoms with E-state index in [1.807, 2.05) is 6.92 Å². The predicted molar refractivity (Wildman–Crippen MR) is 44.6 cm³/mol. The maximum Gasteiger partial charge on any atom is 0.0249 e. The molecule has 0 aliphatic heterocycles. The topological polar surface area (TPSA) is 78.1 Å². The highest BCUT2D eigenvalue weighted by atomic mass is 14.8. The summed E-state index contributed by atoms with van der Waals surface area (Å²) in [5, 5.41) is 0. The molecule has 0 bridgehead atoms. The molecule has 3 heteroatoms. The second-order valence-corrected chi connectivity index (χ2v) is 3.10. The predicted octanol–water partition coefficient (Wildman–Crippen LogP) is -0.208. The first-order chi connectivity index (χ1) is 4.62. The van der Waals surface area contributed by atoms with Gasteiger partial charge in [0.15, 0.2) is 0 Å². The monoisotopic (exact) mass is 145 g/mol. The van der Waals surface area contributed by atoms with Gasteiger partial charge in [-0.15, -0.1) is 0 Å². The molecule has 0 spiro atoms. The molecular weight excluding hydrogens is 126 g/mol. The van der Waals surface area contributed by atoms with Gasteiger partial charge in [0.2, 0.25) is 0 Å². The Bertz CT molecular complexity index is 80.9. The first-order valence-corrected chi connectivity index (χ1v) is 3.81. The van der Waals surface area contributed by atoms with Crippen LogP contribution in [0.15, 0.2) is 0 Å². The Morgan fingerprint density at radius 1 is 1.20 bits per heavy atom. The molecule has 0 saturated carbocycles. The zero-order valence-electron chi connectivity index (χ0n) is 6.77. The van der Waals surface area contributed by atoms with Gasteiger partial charge in [0.1, 0.15) is 0 Å². The third-order valence-corrected chi connectivity index (χ3v) is 1.67. The second kappa shape index (κ2) is 4.66. The van der Waals surface area contributed by atoms with Crippen LogP contribution < -0.4 is 17.2 Å². The van der Waals surface area contributed by atoms with Gasteiger partial charge in [-0.25, -0.2) is 0 Å². The average molecular weight is 145 g/mol. The van der Waals surface area contributed by atoms with E-state index < -0.39 is 0 Å². The van der Waals surface area contributed by atoms with Crippen LogP contribution in [-0.4, -0.2) is 18.6 Å². The van der Waals surface area contributed by atoms with Crippen molar-refractivity contribution in [2.45, 2.75) is 31.7 Å². The summed E-state index contributed by atoms with van der Waals surface area (Å²) in [6.07, 6.45) is 3.11. The van der Waals surface area contributed by atoms with Crippen LogP contribution in [0.5, 0.6) is 0 Å². The van der Waals surface area contributed by atoms with Gasteiger partial charge in [-0.05, 0) is 26.3 Å². The van der Waals surface area contributed by atoms with E-state index in [2.05, 4.69) is 0 Å². The zero-order valence-corrected chi connectivity index (χ0v) is 6.77. The van der Waals surface area contributed by atoms with Gasteiger partial charge in [0.05, 0.1) is 0 Å². The molecule has 0 heterocycles. The molecule has 0 aliphatic rings. The second-order valence-electron chi connectivity index (χ2n) is 3.10. The zero-order chi connectivity index (χ0) is 8.04. The lowest BCUT2D eigenvalue weighted by molar-refractivity contribution is 0.423. The van der Waals surface area contributed by atoms with Crippen LogP contribution in [0.25, 0.3) is 0 Å². The third kappa shape index (κ3) is 4.73. The number of nitrogens with two attached hydrogens (primary N) is 3. The van der Waals surface area contributed by atoms with Gasteiger partial charge in [-0.1, -0.05) is 6.42 Å². The number of unbranched alkanes of at least 4 members (excludes halogenated alkanes) is 1. The minimum absolute atomic E-state index is 0.185. The van der Waals surface area contributed by atoms with E-state index in [1.165, 1.54) is 0 Å². The fourth-order valence-electron chi connectivity index (χ4n) is 0.775. The smallest absolute Gasteiger partial charge is 0.0249 e. The van der Waals surface area contributed by atoms with E-state index >= 15 is 0 Å². The van der Waals surface area contributed by atoms with E-state index in [4.69, 9.17) is 17.2 Å². The lowest BCUT2D eigenvalue weighted by Crippen LogP contribution is -2.43. The van der Waals surface area contributed by atoms with E-state index in [9.17, 15) is 0 Å². The normalized spacial score (nSPS) is 16.8. The van der Waals surface area contributed by atoms with Crippen molar-refractivity contribution in [3.05, 3.63) is 0 Å². The van der Waals surface area contributed by atoms with E-state index in [-0.39, 0.29) is 5.54 Å². The summed E-state index contributed by atoms with van der Waals surface area (Å²) in [4.78, 5) is 0. The Morgan fingerprint density at radius 2 is 1.80 bits per heavy atom. The Hall–Kier alpha value is -0.120. The molecule has 0 rings (SSSR count). The van der Waals surface area contributed by atoms with Crippen molar-refractivity contribution in [3.8, 4) is 0 Å². The van der Waals surface area contributed by atoms with Crippen molar-refractivity contribution in [1.29, 1.82) is 0 Å². The number of hydrogen-bond donors (Lipinski definition) is 3. The standard InChI is InChI=1S/C7H19N3/c1-7(10,6-9)4-2-3-5-8/h2-6,8-10H2,1H3. The van der Waals surface area contributed by atoms with Crippen LogP contribution in [0.4, 0.5) is 0 Å². The summed E-state index contributed by atoms with van der Waals surface area (Å²) in [7, 11) is 0. The summed E-state index contributed by atoms with van der Waals surface area (Å²) < 4.78 is 0. The van der Waals surface area contributed by atoms with Crippen LogP contribution in [-0.2, 0) is 0 Å². The minimum Gasteiger partial charge on any atom is -0.330 e. The molecule has 0 aromatic rings. The molecule has 1 atom stereocenters. The molecule has 0 aliphatic carbocycles. The largest absolute Gasteiger partial charge is 0.330 e. The van der Waals surface area contributed by atoms with Gasteiger partial charge in [0.25, 0.3) is 0 Å². The van der Waals surface area contributed by atoms with E-state index in [1.54, 1.807) is 0 Å². The van der Waals surface area contributed by atoms with Gasteiger partial charge in [-0.2, -0.15) is 0 Å². The molecule has 0 amide bonds. The quantitative estimate of drug-likeness (QED) is 0.468.